The summed E-state index contributed by atoms with van der Waals surface area (Å²) in [6.45, 7) is 12.2. The van der Waals surface area contributed by atoms with Gasteiger partial charge >= 0.3 is 5.97 Å². The molecule has 1 N–H and O–H groups in total. The third-order valence-corrected chi connectivity index (χ3v) is 6.38. The van der Waals surface area contributed by atoms with Crippen LogP contribution < -0.4 is 9.47 Å². The first-order valence-corrected chi connectivity index (χ1v) is 12.0. The van der Waals surface area contributed by atoms with Gasteiger partial charge in [0.25, 0.3) is 5.91 Å². The molecular weight excluding hydrogens is 430 g/mol. The summed E-state index contributed by atoms with van der Waals surface area (Å²) in [4.78, 5) is 26.9. The minimum atomic E-state index is -1.35. The Labute approximate surface area is 202 Å². The maximum Gasteiger partial charge on any atom is 0.347 e. The molecule has 1 atom stereocenters. The van der Waals surface area contributed by atoms with Gasteiger partial charge in [0.1, 0.15) is 11.5 Å². The fourth-order valence-corrected chi connectivity index (χ4v) is 4.28. The smallest absolute Gasteiger partial charge is 0.347 e. The van der Waals surface area contributed by atoms with Gasteiger partial charge in [-0.25, -0.2) is 4.79 Å². The van der Waals surface area contributed by atoms with Crippen molar-refractivity contribution in [3.63, 3.8) is 0 Å². The summed E-state index contributed by atoms with van der Waals surface area (Å²) in [6.07, 6.45) is 1.75. The van der Waals surface area contributed by atoms with E-state index in [-0.39, 0.29) is 11.8 Å². The molecule has 1 saturated heterocycles. The van der Waals surface area contributed by atoms with Gasteiger partial charge in [-0.15, -0.1) is 0 Å². The number of rotatable bonds is 8. The van der Waals surface area contributed by atoms with Crippen molar-refractivity contribution in [2.24, 2.45) is 0 Å². The molecule has 0 saturated carbocycles. The van der Waals surface area contributed by atoms with Crippen LogP contribution >= 0.6 is 0 Å². The monoisotopic (exact) mass is 467 g/mol. The Bertz CT molecular complexity index is 1010. The van der Waals surface area contributed by atoms with Crippen molar-refractivity contribution in [3.8, 4) is 11.5 Å². The van der Waals surface area contributed by atoms with Crippen molar-refractivity contribution in [3.05, 3.63) is 59.7 Å². The van der Waals surface area contributed by atoms with Crippen LogP contribution in [0.2, 0.25) is 0 Å². The number of carboxylic acids is 1. The van der Waals surface area contributed by atoms with E-state index in [2.05, 4.69) is 13.8 Å². The SMILES string of the molecule is CC(C)c1ccc(OC(C)(C)C(=O)N2CCCC(c3ccccc3OC(C)(C)C(=O)O)C2)cc1. The summed E-state index contributed by atoms with van der Waals surface area (Å²) >= 11 is 0. The molecule has 0 spiro atoms. The summed E-state index contributed by atoms with van der Waals surface area (Å²) in [5.74, 6) is 0.625. The molecule has 0 aliphatic carbocycles. The van der Waals surface area contributed by atoms with E-state index in [0.717, 1.165) is 18.4 Å². The fraction of sp³-hybridized carbons (Fsp3) is 0.500. The van der Waals surface area contributed by atoms with E-state index in [1.165, 1.54) is 19.4 Å². The van der Waals surface area contributed by atoms with Crippen LogP contribution in [0.5, 0.6) is 11.5 Å². The Morgan fingerprint density at radius 3 is 2.24 bits per heavy atom. The van der Waals surface area contributed by atoms with Gasteiger partial charge in [-0.3, -0.25) is 4.79 Å². The number of piperidine rings is 1. The summed E-state index contributed by atoms with van der Waals surface area (Å²) < 4.78 is 12.0. The zero-order valence-corrected chi connectivity index (χ0v) is 21.1. The standard InChI is InChI=1S/C28H37NO5/c1-19(2)20-13-15-22(16-14-20)33-27(3,4)25(30)29-17-9-10-21(18-29)23-11-7-8-12-24(23)34-28(5,6)26(31)32/h7-8,11-16,19,21H,9-10,17-18H2,1-6H3,(H,31,32). The van der Waals surface area contributed by atoms with E-state index in [1.807, 2.05) is 61.2 Å². The zero-order chi connectivity index (χ0) is 25.1. The van der Waals surface area contributed by atoms with Crippen molar-refractivity contribution in [2.45, 2.75) is 77.4 Å². The Balaban J connectivity index is 1.74. The highest BCUT2D eigenvalue weighted by Gasteiger charge is 2.38. The molecule has 6 heteroatoms. The van der Waals surface area contributed by atoms with E-state index in [0.29, 0.717) is 30.5 Å². The number of amides is 1. The normalized spacial score (nSPS) is 16.9. The number of likely N-dealkylation sites (tertiary alicyclic amines) is 1. The number of carboxylic acid groups (broad SMARTS) is 1. The maximum atomic E-state index is 13.5. The quantitative estimate of drug-likeness (QED) is 0.546. The summed E-state index contributed by atoms with van der Waals surface area (Å²) in [6, 6.07) is 15.4. The molecule has 0 bridgehead atoms. The van der Waals surface area contributed by atoms with E-state index in [9.17, 15) is 14.7 Å². The minimum Gasteiger partial charge on any atom is -0.478 e. The van der Waals surface area contributed by atoms with E-state index in [4.69, 9.17) is 9.47 Å². The van der Waals surface area contributed by atoms with Gasteiger partial charge in [0.2, 0.25) is 0 Å². The third-order valence-electron chi connectivity index (χ3n) is 6.38. The largest absolute Gasteiger partial charge is 0.478 e. The van der Waals surface area contributed by atoms with E-state index in [1.54, 1.807) is 6.07 Å². The minimum absolute atomic E-state index is 0.0552. The lowest BCUT2D eigenvalue weighted by atomic mass is 9.89. The number of carbonyl (C=O) groups excluding carboxylic acids is 1. The highest BCUT2D eigenvalue weighted by atomic mass is 16.5. The number of ether oxygens (including phenoxy) is 2. The van der Waals surface area contributed by atoms with Crippen molar-refractivity contribution >= 4 is 11.9 Å². The first kappa shape index (κ1) is 25.6. The summed E-state index contributed by atoms with van der Waals surface area (Å²) in [7, 11) is 0. The first-order valence-electron chi connectivity index (χ1n) is 12.0. The number of hydrogen-bond acceptors (Lipinski definition) is 4. The summed E-state index contributed by atoms with van der Waals surface area (Å²) in [5, 5.41) is 9.48. The van der Waals surface area contributed by atoms with Gasteiger partial charge in [-0.05, 0) is 75.8 Å². The molecule has 0 aromatic heterocycles. The fourth-order valence-electron chi connectivity index (χ4n) is 4.28. The molecule has 1 aliphatic heterocycles. The lowest BCUT2D eigenvalue weighted by molar-refractivity contribution is -0.152. The van der Waals surface area contributed by atoms with Gasteiger partial charge in [-0.2, -0.15) is 0 Å². The van der Waals surface area contributed by atoms with Gasteiger partial charge in [0, 0.05) is 19.0 Å². The predicted octanol–water partition coefficient (Wildman–Crippen LogP) is 5.62. The van der Waals surface area contributed by atoms with Crippen LogP contribution in [-0.2, 0) is 9.59 Å². The number of aliphatic carboxylic acids is 1. The number of nitrogens with zero attached hydrogens (tertiary/aromatic N) is 1. The molecule has 3 rings (SSSR count). The lowest BCUT2D eigenvalue weighted by Gasteiger charge is -2.38. The molecule has 1 unspecified atom stereocenters. The molecule has 184 valence electrons. The highest BCUT2D eigenvalue weighted by molar-refractivity contribution is 5.85. The van der Waals surface area contributed by atoms with E-state index < -0.39 is 17.2 Å². The molecule has 1 fully saturated rings. The Kier molecular flexibility index (Phi) is 7.59. The molecule has 1 heterocycles. The van der Waals surface area contributed by atoms with Crippen molar-refractivity contribution < 1.29 is 24.2 Å². The van der Waals surface area contributed by atoms with Crippen molar-refractivity contribution in [2.75, 3.05) is 13.1 Å². The van der Waals surface area contributed by atoms with Crippen LogP contribution in [-0.4, -0.2) is 46.2 Å². The van der Waals surface area contributed by atoms with Gasteiger partial charge in [0.15, 0.2) is 11.2 Å². The molecule has 0 radical (unpaired) electrons. The average molecular weight is 468 g/mol. The van der Waals surface area contributed by atoms with Crippen molar-refractivity contribution in [1.82, 2.24) is 4.90 Å². The molecule has 6 nitrogen and oxygen atoms in total. The molecule has 1 aliphatic rings. The topological polar surface area (TPSA) is 76.1 Å². The number of para-hydroxylation sites is 1. The lowest BCUT2D eigenvalue weighted by Crippen LogP contribution is -2.51. The third kappa shape index (κ3) is 5.91. The van der Waals surface area contributed by atoms with Crippen LogP contribution in [0.4, 0.5) is 0 Å². The second-order valence-corrected chi connectivity index (χ2v) is 10.4. The van der Waals surface area contributed by atoms with Gasteiger partial charge in [-0.1, -0.05) is 44.2 Å². The Hall–Kier alpha value is -3.02. The number of hydrogen-bond donors (Lipinski definition) is 1. The summed E-state index contributed by atoms with van der Waals surface area (Å²) in [5.41, 5.74) is -0.205. The zero-order valence-electron chi connectivity index (χ0n) is 21.1. The second-order valence-electron chi connectivity index (χ2n) is 10.4. The molecular formula is C28H37NO5. The van der Waals surface area contributed by atoms with Gasteiger partial charge in [0.05, 0.1) is 0 Å². The van der Waals surface area contributed by atoms with E-state index >= 15 is 0 Å². The molecule has 2 aromatic carbocycles. The number of carbonyl (C=O) groups is 2. The van der Waals surface area contributed by atoms with Crippen molar-refractivity contribution in [1.29, 1.82) is 0 Å². The Morgan fingerprint density at radius 2 is 1.62 bits per heavy atom. The van der Waals surface area contributed by atoms with Crippen LogP contribution in [0, 0.1) is 0 Å². The maximum absolute atomic E-state index is 13.5. The number of benzene rings is 2. The van der Waals surface area contributed by atoms with Crippen LogP contribution in [0.25, 0.3) is 0 Å². The second kappa shape index (κ2) is 10.1. The molecule has 1 amide bonds. The van der Waals surface area contributed by atoms with Gasteiger partial charge < -0.3 is 19.5 Å². The van der Waals surface area contributed by atoms with Crippen LogP contribution in [0.3, 0.4) is 0 Å². The van der Waals surface area contributed by atoms with Crippen LogP contribution in [0.15, 0.2) is 48.5 Å². The van der Waals surface area contributed by atoms with Crippen LogP contribution in [0.1, 0.15) is 77.3 Å². The average Bonchev–Trinajstić information content (AvgIpc) is 2.78. The Morgan fingerprint density at radius 1 is 0.971 bits per heavy atom. The molecule has 2 aromatic rings. The predicted molar refractivity (Wildman–Crippen MR) is 133 cm³/mol. The highest BCUT2D eigenvalue weighted by Crippen LogP contribution is 2.36. The first-order chi connectivity index (χ1) is 15.9. The molecule has 34 heavy (non-hydrogen) atoms.